The van der Waals surface area contributed by atoms with Crippen LogP contribution in [0.5, 0.6) is 0 Å². The first-order chi connectivity index (χ1) is 6.66. The highest BCUT2D eigenvalue weighted by Crippen LogP contribution is 2.12. The van der Waals surface area contributed by atoms with E-state index in [2.05, 4.69) is 20.8 Å². The third kappa shape index (κ3) is 10.0. The van der Waals surface area contributed by atoms with Gasteiger partial charge in [0.05, 0.1) is 0 Å². The molecule has 0 amide bonds. The highest BCUT2D eigenvalue weighted by molar-refractivity contribution is 4.58. The zero-order valence-electron chi connectivity index (χ0n) is 10.4. The minimum Gasteiger partial charge on any atom is -0.328 e. The summed E-state index contributed by atoms with van der Waals surface area (Å²) in [7, 11) is 0. The summed E-state index contributed by atoms with van der Waals surface area (Å²) in [6.45, 7) is 6.79. The molecule has 0 heterocycles. The standard InChI is InChI=1S/C13H29N/c1-4-13(14)11-9-7-5-6-8-10-12(2)3/h12-13H,4-11,14H2,1-3H3. The molecule has 0 bridgehead atoms. The average molecular weight is 199 g/mol. The molecule has 0 aromatic carbocycles. The number of unbranched alkanes of at least 4 members (excludes halogenated alkanes) is 4. The first-order valence-electron chi connectivity index (χ1n) is 6.42. The van der Waals surface area contributed by atoms with E-state index in [1.165, 1.54) is 44.9 Å². The van der Waals surface area contributed by atoms with Crippen molar-refractivity contribution in [2.75, 3.05) is 0 Å². The summed E-state index contributed by atoms with van der Waals surface area (Å²) >= 11 is 0. The Morgan fingerprint density at radius 3 is 1.86 bits per heavy atom. The average Bonchev–Trinajstić information content (AvgIpc) is 2.15. The molecule has 1 unspecified atom stereocenters. The lowest BCUT2D eigenvalue weighted by Crippen LogP contribution is -2.17. The molecule has 0 rings (SSSR count). The van der Waals surface area contributed by atoms with Gasteiger partial charge in [-0.25, -0.2) is 0 Å². The molecule has 1 nitrogen and oxygen atoms in total. The number of hydrogen-bond donors (Lipinski definition) is 1. The topological polar surface area (TPSA) is 26.0 Å². The van der Waals surface area contributed by atoms with Crippen molar-refractivity contribution in [2.45, 2.75) is 78.2 Å². The fourth-order valence-electron chi connectivity index (χ4n) is 1.69. The van der Waals surface area contributed by atoms with Crippen LogP contribution < -0.4 is 5.73 Å². The highest BCUT2D eigenvalue weighted by atomic mass is 14.6. The van der Waals surface area contributed by atoms with Crippen LogP contribution in [0.1, 0.15) is 72.1 Å². The zero-order valence-corrected chi connectivity index (χ0v) is 10.4. The van der Waals surface area contributed by atoms with E-state index in [-0.39, 0.29) is 0 Å². The Kier molecular flexibility index (Phi) is 9.49. The van der Waals surface area contributed by atoms with Gasteiger partial charge in [-0.05, 0) is 18.8 Å². The molecular formula is C13H29N. The molecule has 2 N–H and O–H groups in total. The lowest BCUT2D eigenvalue weighted by molar-refractivity contribution is 0.495. The fraction of sp³-hybridized carbons (Fsp3) is 1.00. The molecule has 86 valence electrons. The number of nitrogens with two attached hydrogens (primary N) is 1. The van der Waals surface area contributed by atoms with Crippen molar-refractivity contribution < 1.29 is 0 Å². The van der Waals surface area contributed by atoms with E-state index in [1.54, 1.807) is 0 Å². The summed E-state index contributed by atoms with van der Waals surface area (Å²) in [6, 6.07) is 0.450. The third-order valence-corrected chi connectivity index (χ3v) is 2.88. The van der Waals surface area contributed by atoms with Crippen LogP contribution in [0, 0.1) is 5.92 Å². The van der Waals surface area contributed by atoms with E-state index < -0.39 is 0 Å². The van der Waals surface area contributed by atoms with Crippen molar-refractivity contribution in [3.05, 3.63) is 0 Å². The monoisotopic (exact) mass is 199 g/mol. The summed E-state index contributed by atoms with van der Waals surface area (Å²) in [6.07, 6.45) is 10.7. The van der Waals surface area contributed by atoms with E-state index in [9.17, 15) is 0 Å². The van der Waals surface area contributed by atoms with E-state index in [4.69, 9.17) is 5.73 Å². The molecule has 0 aromatic rings. The molecule has 14 heavy (non-hydrogen) atoms. The maximum absolute atomic E-state index is 5.85. The second kappa shape index (κ2) is 9.51. The van der Waals surface area contributed by atoms with Crippen LogP contribution in [0.4, 0.5) is 0 Å². The van der Waals surface area contributed by atoms with Crippen molar-refractivity contribution >= 4 is 0 Å². The summed E-state index contributed by atoms with van der Waals surface area (Å²) < 4.78 is 0. The smallest absolute Gasteiger partial charge is 0.00362 e. The molecule has 0 aliphatic rings. The fourth-order valence-corrected chi connectivity index (χ4v) is 1.69. The minimum atomic E-state index is 0.450. The Hall–Kier alpha value is -0.0400. The first kappa shape index (κ1) is 14.0. The number of rotatable bonds is 9. The van der Waals surface area contributed by atoms with Crippen molar-refractivity contribution in [3.8, 4) is 0 Å². The van der Waals surface area contributed by atoms with Crippen LogP contribution in [-0.4, -0.2) is 6.04 Å². The maximum Gasteiger partial charge on any atom is 0.00362 e. The van der Waals surface area contributed by atoms with Gasteiger partial charge in [0.1, 0.15) is 0 Å². The SMILES string of the molecule is CCC(N)CCCCCCCC(C)C. The lowest BCUT2D eigenvalue weighted by Gasteiger charge is -2.08. The van der Waals surface area contributed by atoms with Crippen LogP contribution in [0.3, 0.4) is 0 Å². The largest absolute Gasteiger partial charge is 0.328 e. The van der Waals surface area contributed by atoms with Crippen LogP contribution in [-0.2, 0) is 0 Å². The van der Waals surface area contributed by atoms with Gasteiger partial charge in [0.2, 0.25) is 0 Å². The Bertz CT molecular complexity index is 110. The molecule has 0 radical (unpaired) electrons. The zero-order chi connectivity index (χ0) is 10.8. The van der Waals surface area contributed by atoms with Gasteiger partial charge in [-0.15, -0.1) is 0 Å². The van der Waals surface area contributed by atoms with Gasteiger partial charge in [0.25, 0.3) is 0 Å². The van der Waals surface area contributed by atoms with Crippen molar-refractivity contribution in [1.29, 1.82) is 0 Å². The molecule has 0 aliphatic heterocycles. The van der Waals surface area contributed by atoms with Crippen molar-refractivity contribution in [1.82, 2.24) is 0 Å². The molecule has 0 saturated carbocycles. The van der Waals surface area contributed by atoms with Crippen molar-refractivity contribution in [3.63, 3.8) is 0 Å². The van der Waals surface area contributed by atoms with Gasteiger partial charge in [0, 0.05) is 6.04 Å². The second-order valence-corrected chi connectivity index (χ2v) is 4.91. The summed E-state index contributed by atoms with van der Waals surface area (Å²) in [5.74, 6) is 0.878. The lowest BCUT2D eigenvalue weighted by atomic mass is 10.0. The number of hydrogen-bond acceptors (Lipinski definition) is 1. The predicted octanol–water partition coefficient (Wildman–Crippen LogP) is 4.11. The Morgan fingerprint density at radius 1 is 0.857 bits per heavy atom. The minimum absolute atomic E-state index is 0.450. The Labute approximate surface area is 90.5 Å². The molecule has 0 spiro atoms. The van der Waals surface area contributed by atoms with Gasteiger partial charge in [-0.3, -0.25) is 0 Å². The summed E-state index contributed by atoms with van der Waals surface area (Å²) in [5, 5.41) is 0. The van der Waals surface area contributed by atoms with Gasteiger partial charge in [-0.2, -0.15) is 0 Å². The molecule has 0 aromatic heterocycles. The first-order valence-corrected chi connectivity index (χ1v) is 6.42. The molecule has 1 heteroatoms. The summed E-state index contributed by atoms with van der Waals surface area (Å²) in [4.78, 5) is 0. The predicted molar refractivity (Wildman–Crippen MR) is 65.4 cm³/mol. The van der Waals surface area contributed by atoms with Gasteiger partial charge < -0.3 is 5.73 Å². The molecule has 0 fully saturated rings. The van der Waals surface area contributed by atoms with Gasteiger partial charge >= 0.3 is 0 Å². The second-order valence-electron chi connectivity index (χ2n) is 4.91. The van der Waals surface area contributed by atoms with Gasteiger partial charge in [-0.1, -0.05) is 59.3 Å². The molecule has 0 saturated heterocycles. The third-order valence-electron chi connectivity index (χ3n) is 2.88. The van der Waals surface area contributed by atoms with Crippen LogP contribution >= 0.6 is 0 Å². The quantitative estimate of drug-likeness (QED) is 0.556. The van der Waals surface area contributed by atoms with Crippen LogP contribution in [0.25, 0.3) is 0 Å². The van der Waals surface area contributed by atoms with E-state index in [1.807, 2.05) is 0 Å². The molecule has 0 aliphatic carbocycles. The van der Waals surface area contributed by atoms with Crippen molar-refractivity contribution in [2.24, 2.45) is 11.7 Å². The normalized spacial score (nSPS) is 13.5. The summed E-state index contributed by atoms with van der Waals surface area (Å²) in [5.41, 5.74) is 5.85. The van der Waals surface area contributed by atoms with E-state index in [0.717, 1.165) is 12.3 Å². The maximum atomic E-state index is 5.85. The van der Waals surface area contributed by atoms with Gasteiger partial charge in [0.15, 0.2) is 0 Å². The molecular weight excluding hydrogens is 170 g/mol. The van der Waals surface area contributed by atoms with Crippen LogP contribution in [0.15, 0.2) is 0 Å². The Morgan fingerprint density at radius 2 is 1.36 bits per heavy atom. The Balaban J connectivity index is 2.99. The van der Waals surface area contributed by atoms with Crippen LogP contribution in [0.2, 0.25) is 0 Å². The molecule has 1 atom stereocenters. The van der Waals surface area contributed by atoms with E-state index >= 15 is 0 Å². The van der Waals surface area contributed by atoms with E-state index in [0.29, 0.717) is 6.04 Å². The highest BCUT2D eigenvalue weighted by Gasteiger charge is 1.98.